The number of benzene rings is 11. The van der Waals surface area contributed by atoms with Crippen molar-refractivity contribution in [3.8, 4) is 44.5 Å². The Morgan fingerprint density at radius 2 is 0.806 bits per heavy atom. The first-order valence-corrected chi connectivity index (χ1v) is 23.1. The van der Waals surface area contributed by atoms with Crippen molar-refractivity contribution in [1.29, 1.82) is 0 Å². The summed E-state index contributed by atoms with van der Waals surface area (Å²) in [6, 6.07) is 95.0. The monoisotopic (exact) mass is 853 g/mol. The van der Waals surface area contributed by atoms with Crippen molar-refractivity contribution in [3.63, 3.8) is 0 Å². The largest absolute Gasteiger partial charge is 0.455 e. The minimum Gasteiger partial charge on any atom is -0.455 e. The van der Waals surface area contributed by atoms with Crippen molar-refractivity contribution in [3.05, 3.63) is 283 Å². The van der Waals surface area contributed by atoms with Gasteiger partial charge in [-0.05, 0) is 103 Å². The van der Waals surface area contributed by atoms with Gasteiger partial charge in [-0.3, -0.25) is 0 Å². The normalized spacial score (nSPS) is 12.6. The predicted octanol–water partition coefficient (Wildman–Crippen LogP) is 17.6. The summed E-state index contributed by atoms with van der Waals surface area (Å²) < 4.78 is 6.93. The molecule has 67 heavy (non-hydrogen) atoms. The summed E-state index contributed by atoms with van der Waals surface area (Å²) in [6.07, 6.45) is 0. The van der Waals surface area contributed by atoms with Gasteiger partial charge in [-0.1, -0.05) is 224 Å². The Morgan fingerprint density at radius 3 is 1.46 bits per heavy atom. The third kappa shape index (κ3) is 6.18. The number of hydrogen-bond acceptors (Lipinski definition) is 2. The van der Waals surface area contributed by atoms with Gasteiger partial charge in [0.1, 0.15) is 11.2 Å². The average molecular weight is 854 g/mol. The molecule has 0 saturated carbocycles. The number of rotatable bonds is 8. The fraction of sp³-hybridized carbons (Fsp3) is 0.0154. The number of nitrogens with zero attached hydrogens (tertiary/aromatic N) is 1. The van der Waals surface area contributed by atoms with Crippen LogP contribution in [0.2, 0.25) is 0 Å². The van der Waals surface area contributed by atoms with Gasteiger partial charge in [0.25, 0.3) is 0 Å². The van der Waals surface area contributed by atoms with E-state index in [2.05, 4.69) is 266 Å². The summed E-state index contributed by atoms with van der Waals surface area (Å²) in [5.74, 6) is 0. The number of furan rings is 1. The average Bonchev–Trinajstić information content (AvgIpc) is 3.94. The van der Waals surface area contributed by atoms with E-state index in [1.165, 1.54) is 55.6 Å². The molecule has 13 rings (SSSR count). The van der Waals surface area contributed by atoms with Crippen molar-refractivity contribution in [2.24, 2.45) is 0 Å². The molecule has 2 heteroatoms. The molecule has 0 aliphatic heterocycles. The molecule has 0 radical (unpaired) electrons. The SMILES string of the molecule is c1ccc(-c2ccc(-c3cccc4oc5c6ccccc6c(N(c6ccc(-c7ccccc7)cc6)c6ccc7c(c6)C(c6ccccc6)(c6ccccc6)c6ccccc6-7)cc5c34)cc2)cc1. The van der Waals surface area contributed by atoms with Crippen LogP contribution < -0.4 is 4.90 Å². The molecule has 12 aromatic rings. The molecule has 0 amide bonds. The second-order valence-electron chi connectivity index (χ2n) is 17.5. The first kappa shape index (κ1) is 38.7. The lowest BCUT2D eigenvalue weighted by atomic mass is 9.67. The van der Waals surface area contributed by atoms with Gasteiger partial charge in [0.15, 0.2) is 0 Å². The number of anilines is 3. The van der Waals surface area contributed by atoms with Crippen molar-refractivity contribution < 1.29 is 4.42 Å². The number of fused-ring (bicyclic) bond motifs is 8. The van der Waals surface area contributed by atoms with Crippen LogP contribution in [0.1, 0.15) is 22.3 Å². The van der Waals surface area contributed by atoms with Gasteiger partial charge in [-0.15, -0.1) is 0 Å². The van der Waals surface area contributed by atoms with Crippen LogP contribution in [-0.4, -0.2) is 0 Å². The van der Waals surface area contributed by atoms with E-state index in [1.54, 1.807) is 0 Å². The Bertz CT molecular complexity index is 3720. The lowest BCUT2D eigenvalue weighted by Crippen LogP contribution is -2.28. The van der Waals surface area contributed by atoms with Crippen molar-refractivity contribution >= 4 is 49.8 Å². The summed E-state index contributed by atoms with van der Waals surface area (Å²) in [6.45, 7) is 0. The third-order valence-electron chi connectivity index (χ3n) is 14.0. The molecular formula is C65H43NO. The van der Waals surface area contributed by atoms with Crippen molar-refractivity contribution in [2.45, 2.75) is 5.41 Å². The van der Waals surface area contributed by atoms with Crippen LogP contribution in [0.3, 0.4) is 0 Å². The maximum Gasteiger partial charge on any atom is 0.143 e. The van der Waals surface area contributed by atoms with Gasteiger partial charge in [-0.2, -0.15) is 0 Å². The quantitative estimate of drug-likeness (QED) is 0.151. The van der Waals surface area contributed by atoms with Crippen LogP contribution in [-0.2, 0) is 5.41 Å². The van der Waals surface area contributed by atoms with Crippen LogP contribution in [0.4, 0.5) is 17.1 Å². The van der Waals surface area contributed by atoms with E-state index in [1.807, 2.05) is 0 Å². The van der Waals surface area contributed by atoms with E-state index >= 15 is 0 Å². The lowest BCUT2D eigenvalue weighted by molar-refractivity contribution is 0.673. The van der Waals surface area contributed by atoms with E-state index in [-0.39, 0.29) is 0 Å². The first-order chi connectivity index (χ1) is 33.2. The summed E-state index contributed by atoms with van der Waals surface area (Å²) >= 11 is 0. The van der Waals surface area contributed by atoms with Gasteiger partial charge in [0, 0.05) is 32.9 Å². The van der Waals surface area contributed by atoms with Crippen molar-refractivity contribution in [1.82, 2.24) is 0 Å². The summed E-state index contributed by atoms with van der Waals surface area (Å²) in [5.41, 5.74) is 19.0. The molecule has 1 heterocycles. The maximum atomic E-state index is 6.93. The highest BCUT2D eigenvalue weighted by molar-refractivity contribution is 6.22. The zero-order chi connectivity index (χ0) is 44.3. The van der Waals surface area contributed by atoms with Gasteiger partial charge in [-0.25, -0.2) is 0 Å². The summed E-state index contributed by atoms with van der Waals surface area (Å²) in [5, 5.41) is 4.36. The first-order valence-electron chi connectivity index (χ1n) is 23.1. The summed E-state index contributed by atoms with van der Waals surface area (Å²) in [7, 11) is 0. The van der Waals surface area contributed by atoms with Crippen LogP contribution in [0.25, 0.3) is 77.2 Å². The van der Waals surface area contributed by atoms with E-state index < -0.39 is 5.41 Å². The fourth-order valence-corrected chi connectivity index (χ4v) is 11.0. The van der Waals surface area contributed by atoms with Gasteiger partial charge in [0.2, 0.25) is 0 Å². The Morgan fingerprint density at radius 1 is 0.313 bits per heavy atom. The van der Waals surface area contributed by atoms with Gasteiger partial charge in [0.05, 0.1) is 11.1 Å². The minimum atomic E-state index is -0.551. The molecule has 11 aromatic carbocycles. The van der Waals surface area contributed by atoms with Crippen LogP contribution in [0, 0.1) is 0 Å². The van der Waals surface area contributed by atoms with Gasteiger partial charge < -0.3 is 9.32 Å². The van der Waals surface area contributed by atoms with Crippen LogP contribution in [0.5, 0.6) is 0 Å². The Hall–Kier alpha value is -8.72. The van der Waals surface area contributed by atoms with Crippen LogP contribution >= 0.6 is 0 Å². The molecule has 0 fully saturated rings. The zero-order valence-electron chi connectivity index (χ0n) is 36.7. The second kappa shape index (κ2) is 15.8. The molecule has 1 aliphatic rings. The van der Waals surface area contributed by atoms with E-state index in [9.17, 15) is 0 Å². The highest BCUT2D eigenvalue weighted by Gasteiger charge is 2.46. The molecule has 1 aromatic heterocycles. The second-order valence-corrected chi connectivity index (χ2v) is 17.5. The Labute approximate surface area is 390 Å². The van der Waals surface area contributed by atoms with Crippen LogP contribution in [0.15, 0.2) is 265 Å². The van der Waals surface area contributed by atoms with E-state index in [0.29, 0.717) is 0 Å². The van der Waals surface area contributed by atoms with E-state index in [4.69, 9.17) is 4.42 Å². The zero-order valence-corrected chi connectivity index (χ0v) is 36.7. The predicted molar refractivity (Wildman–Crippen MR) is 280 cm³/mol. The Kier molecular flexibility index (Phi) is 9.11. The molecule has 0 N–H and O–H groups in total. The smallest absolute Gasteiger partial charge is 0.143 e. The maximum absolute atomic E-state index is 6.93. The molecule has 0 saturated heterocycles. The molecule has 0 spiro atoms. The number of hydrogen-bond donors (Lipinski definition) is 0. The van der Waals surface area contributed by atoms with E-state index in [0.717, 1.165) is 60.9 Å². The standard InChI is InChI=1S/C65H43NO/c1-5-18-44(19-6-1)46-32-34-48(35-33-46)53-29-17-31-62-63(53)58-43-61(56-27-13-14-28-57(56)64(58)67-62)66(51-38-36-47(37-39-51)45-20-7-2-8-21-45)52-40-41-55-54-26-15-16-30-59(54)65(60(55)42-52,49-22-9-3-10-23-49)50-24-11-4-12-25-50/h1-43H. The molecule has 0 bridgehead atoms. The van der Waals surface area contributed by atoms with Gasteiger partial charge >= 0.3 is 0 Å². The molecule has 0 atom stereocenters. The Balaban J connectivity index is 1.07. The highest BCUT2D eigenvalue weighted by atomic mass is 16.3. The fourth-order valence-electron chi connectivity index (χ4n) is 11.0. The highest BCUT2D eigenvalue weighted by Crippen LogP contribution is 2.58. The molecule has 0 unspecified atom stereocenters. The molecular weight excluding hydrogens is 811 g/mol. The topological polar surface area (TPSA) is 16.4 Å². The molecule has 2 nitrogen and oxygen atoms in total. The summed E-state index contributed by atoms with van der Waals surface area (Å²) in [4.78, 5) is 2.47. The van der Waals surface area contributed by atoms with Crippen molar-refractivity contribution in [2.75, 3.05) is 4.90 Å². The molecule has 314 valence electrons. The minimum absolute atomic E-state index is 0.551. The molecule has 1 aliphatic carbocycles. The third-order valence-corrected chi connectivity index (χ3v) is 14.0. The lowest BCUT2D eigenvalue weighted by Gasteiger charge is -2.35.